The minimum Gasteiger partial charge on any atom is -0.508 e. The number of phenols is 1. The quantitative estimate of drug-likeness (QED) is 0.710. The Morgan fingerprint density at radius 2 is 2.00 bits per heavy atom. The number of pyridine rings is 1. The Kier molecular flexibility index (Phi) is 4.62. The van der Waals surface area contributed by atoms with E-state index in [0.717, 1.165) is 0 Å². The molecule has 2 N–H and O–H groups in total. The van der Waals surface area contributed by atoms with E-state index in [4.69, 9.17) is 5.11 Å². The third-order valence-corrected chi connectivity index (χ3v) is 5.45. The summed E-state index contributed by atoms with van der Waals surface area (Å²) in [5.41, 5.74) is 0.470. The number of likely N-dealkylation sites (N-methyl/N-ethyl adjacent to an activating group) is 1. The van der Waals surface area contributed by atoms with Gasteiger partial charge in [0.25, 0.3) is 5.56 Å². The average Bonchev–Trinajstić information content (AvgIpc) is 3.17. The van der Waals surface area contributed by atoms with E-state index in [-0.39, 0.29) is 17.4 Å². The van der Waals surface area contributed by atoms with E-state index in [1.165, 1.54) is 40.8 Å². The van der Waals surface area contributed by atoms with Crippen molar-refractivity contribution in [1.82, 2.24) is 9.47 Å². The van der Waals surface area contributed by atoms with Crippen molar-refractivity contribution in [3.05, 3.63) is 64.8 Å². The molecule has 150 valence electrons. The minimum absolute atomic E-state index is 0.0718. The molecule has 0 unspecified atom stereocenters. The number of hydrogen-bond acceptors (Lipinski definition) is 4. The van der Waals surface area contributed by atoms with E-state index in [1.54, 1.807) is 24.4 Å². The van der Waals surface area contributed by atoms with Gasteiger partial charge in [-0.1, -0.05) is 0 Å². The zero-order chi connectivity index (χ0) is 20.7. The second kappa shape index (κ2) is 7.12. The van der Waals surface area contributed by atoms with Crippen LogP contribution in [0.15, 0.2) is 53.5 Å². The monoisotopic (exact) mass is 397 g/mol. The first-order valence-electron chi connectivity index (χ1n) is 9.20. The summed E-state index contributed by atoms with van der Waals surface area (Å²) in [5, 5.41) is 19.7. The molecule has 0 aliphatic carbocycles. The van der Waals surface area contributed by atoms with Gasteiger partial charge in [0.2, 0.25) is 0 Å². The van der Waals surface area contributed by atoms with Crippen molar-refractivity contribution in [2.24, 2.45) is 0 Å². The van der Waals surface area contributed by atoms with Crippen molar-refractivity contribution in [2.75, 3.05) is 25.0 Å². The van der Waals surface area contributed by atoms with Gasteiger partial charge < -0.3 is 20.0 Å². The number of nitrogens with zero attached hydrogens (tertiary/aromatic N) is 3. The van der Waals surface area contributed by atoms with Crippen LogP contribution in [0, 0.1) is 5.82 Å². The lowest BCUT2D eigenvalue weighted by Crippen LogP contribution is -2.38. The van der Waals surface area contributed by atoms with Gasteiger partial charge in [0.05, 0.1) is 17.4 Å². The van der Waals surface area contributed by atoms with Gasteiger partial charge in [-0.25, -0.2) is 9.18 Å². The number of halogens is 1. The Labute approximate surface area is 165 Å². The van der Waals surface area contributed by atoms with E-state index < -0.39 is 11.9 Å². The predicted octanol–water partition coefficient (Wildman–Crippen LogP) is 3.02. The predicted molar refractivity (Wildman–Crippen MR) is 108 cm³/mol. The molecule has 0 radical (unpaired) electrons. The molecular formula is C21H20FN3O4. The lowest BCUT2D eigenvalue weighted by atomic mass is 10.1. The third kappa shape index (κ3) is 3.37. The van der Waals surface area contributed by atoms with E-state index >= 15 is 0 Å². The second-order valence-corrected chi connectivity index (χ2v) is 7.18. The molecule has 4 rings (SSSR count). The zero-order valence-electron chi connectivity index (χ0n) is 15.7. The number of aromatic hydroxyl groups is 1. The maximum Gasteiger partial charge on any atom is 0.407 e. The molecule has 0 bridgehead atoms. The minimum atomic E-state index is -1.00. The molecule has 2 aromatic carbocycles. The van der Waals surface area contributed by atoms with Gasteiger partial charge >= 0.3 is 6.09 Å². The highest BCUT2D eigenvalue weighted by Crippen LogP contribution is 2.27. The fraction of sp³-hybridized carbons (Fsp3) is 0.238. The van der Waals surface area contributed by atoms with E-state index in [1.807, 2.05) is 4.90 Å². The van der Waals surface area contributed by atoms with Crippen molar-refractivity contribution < 1.29 is 19.4 Å². The number of carbonyl (C=O) groups is 1. The lowest BCUT2D eigenvalue weighted by Gasteiger charge is -2.23. The van der Waals surface area contributed by atoms with Crippen LogP contribution in [0.4, 0.5) is 14.9 Å². The van der Waals surface area contributed by atoms with Crippen LogP contribution in [0.5, 0.6) is 5.75 Å². The molecule has 2 heterocycles. The third-order valence-electron chi connectivity index (χ3n) is 5.45. The van der Waals surface area contributed by atoms with Gasteiger partial charge in [-0.05, 0) is 48.2 Å². The molecular weight excluding hydrogens is 377 g/mol. The van der Waals surface area contributed by atoms with Crippen LogP contribution in [0.1, 0.15) is 6.42 Å². The van der Waals surface area contributed by atoms with Crippen LogP contribution in [-0.4, -0.2) is 52.0 Å². The standard InChI is InChI=1S/C21H20FN3O4/c1-23(21(28)29)15-7-8-24(12-15)19-5-2-14(11-18(19)22)25-9-6-13-10-16(26)3-4-17(13)20(25)27/h2-6,9-11,15,26H,7-8,12H2,1H3,(H,28,29)/t15-/m1/s1. The Morgan fingerprint density at radius 3 is 2.72 bits per heavy atom. The van der Waals surface area contributed by atoms with Gasteiger partial charge in [-0.3, -0.25) is 9.36 Å². The highest BCUT2D eigenvalue weighted by molar-refractivity contribution is 5.83. The Hall–Kier alpha value is -3.55. The Balaban J connectivity index is 1.64. The van der Waals surface area contributed by atoms with Crippen molar-refractivity contribution in [3.8, 4) is 11.4 Å². The topological polar surface area (TPSA) is 86.0 Å². The Bertz CT molecular complexity index is 1160. The maximum atomic E-state index is 14.9. The molecule has 3 aromatic rings. The number of phenolic OH excluding ortho intramolecular Hbond substituents is 1. The molecule has 8 heteroatoms. The van der Waals surface area contributed by atoms with Crippen molar-refractivity contribution in [3.63, 3.8) is 0 Å². The molecule has 1 aliphatic heterocycles. The molecule has 1 fully saturated rings. The van der Waals surface area contributed by atoms with Gasteiger partial charge in [-0.2, -0.15) is 0 Å². The molecule has 7 nitrogen and oxygen atoms in total. The van der Waals surface area contributed by atoms with Crippen molar-refractivity contribution in [2.45, 2.75) is 12.5 Å². The summed E-state index contributed by atoms with van der Waals surface area (Å²) in [6.07, 6.45) is 1.17. The fourth-order valence-electron chi connectivity index (χ4n) is 3.77. The molecule has 1 aliphatic rings. The van der Waals surface area contributed by atoms with Crippen molar-refractivity contribution in [1.29, 1.82) is 0 Å². The van der Waals surface area contributed by atoms with Crippen LogP contribution in [0.25, 0.3) is 16.5 Å². The molecule has 29 heavy (non-hydrogen) atoms. The van der Waals surface area contributed by atoms with Gasteiger partial charge in [0, 0.05) is 37.8 Å². The Morgan fingerprint density at radius 1 is 1.21 bits per heavy atom. The summed E-state index contributed by atoms with van der Waals surface area (Å²) < 4.78 is 16.2. The fourth-order valence-corrected chi connectivity index (χ4v) is 3.77. The van der Waals surface area contributed by atoms with Gasteiger partial charge in [-0.15, -0.1) is 0 Å². The van der Waals surface area contributed by atoms with Crippen LogP contribution < -0.4 is 10.5 Å². The van der Waals surface area contributed by atoms with Crippen LogP contribution in [0.2, 0.25) is 0 Å². The number of carboxylic acid groups (broad SMARTS) is 1. The summed E-state index contributed by atoms with van der Waals surface area (Å²) in [4.78, 5) is 27.0. The molecule has 1 saturated heterocycles. The van der Waals surface area contributed by atoms with Gasteiger partial charge in [0.15, 0.2) is 0 Å². The number of hydrogen-bond donors (Lipinski definition) is 2. The lowest BCUT2D eigenvalue weighted by molar-refractivity contribution is 0.142. The van der Waals surface area contributed by atoms with Gasteiger partial charge in [0.1, 0.15) is 11.6 Å². The SMILES string of the molecule is CN(C(=O)O)[C@@H]1CCN(c2ccc(-n3ccc4cc(O)ccc4c3=O)cc2F)C1. The summed E-state index contributed by atoms with van der Waals surface area (Å²) >= 11 is 0. The summed E-state index contributed by atoms with van der Waals surface area (Å²) in [6.45, 7) is 0.969. The smallest absolute Gasteiger partial charge is 0.407 e. The summed E-state index contributed by atoms with van der Waals surface area (Å²) in [5.74, 6) is -0.402. The molecule has 1 atom stereocenters. The summed E-state index contributed by atoms with van der Waals surface area (Å²) in [7, 11) is 1.52. The number of benzene rings is 2. The van der Waals surface area contributed by atoms with Crippen LogP contribution in [0.3, 0.4) is 0 Å². The first-order chi connectivity index (χ1) is 13.8. The molecule has 0 spiro atoms. The van der Waals surface area contributed by atoms with Crippen LogP contribution >= 0.6 is 0 Å². The highest BCUT2D eigenvalue weighted by atomic mass is 19.1. The number of amides is 1. The first kappa shape index (κ1) is 18.8. The first-order valence-corrected chi connectivity index (χ1v) is 9.20. The number of fused-ring (bicyclic) bond motifs is 1. The maximum absolute atomic E-state index is 14.9. The van der Waals surface area contributed by atoms with E-state index in [9.17, 15) is 19.1 Å². The average molecular weight is 397 g/mol. The molecule has 0 saturated carbocycles. The molecule has 1 amide bonds. The normalized spacial score (nSPS) is 16.3. The molecule has 1 aromatic heterocycles. The van der Waals surface area contributed by atoms with E-state index in [0.29, 0.717) is 41.7 Å². The zero-order valence-corrected chi connectivity index (χ0v) is 15.7. The van der Waals surface area contributed by atoms with Crippen LogP contribution in [-0.2, 0) is 0 Å². The largest absolute Gasteiger partial charge is 0.508 e. The second-order valence-electron chi connectivity index (χ2n) is 7.18. The highest BCUT2D eigenvalue weighted by Gasteiger charge is 2.29. The number of aromatic nitrogens is 1. The number of anilines is 1. The van der Waals surface area contributed by atoms with Crippen molar-refractivity contribution >= 4 is 22.6 Å². The van der Waals surface area contributed by atoms with E-state index in [2.05, 4.69) is 0 Å². The number of rotatable bonds is 3. The summed E-state index contributed by atoms with van der Waals surface area (Å²) in [6, 6.07) is 10.6.